The first-order valence-electron chi connectivity index (χ1n) is 4.46. The first-order valence-corrected chi connectivity index (χ1v) is 4.91. The van der Waals surface area contributed by atoms with Crippen LogP contribution in [0, 0.1) is 11.3 Å². The highest BCUT2D eigenvalue weighted by Crippen LogP contribution is 2.26. The van der Waals surface area contributed by atoms with Gasteiger partial charge in [-0.1, -0.05) is 18.2 Å². The normalized spacial score (nSPS) is 9.60. The number of thiol groups is 1. The van der Waals surface area contributed by atoms with E-state index in [0.717, 1.165) is 16.2 Å². The van der Waals surface area contributed by atoms with Gasteiger partial charge in [0.15, 0.2) is 0 Å². The standard InChI is InChI=1S/C12H8N2S/c13-8-9-4-1-2-5-10(9)12-11(15)6-3-7-14-12/h1-7,15H. The fourth-order valence-corrected chi connectivity index (χ4v) is 1.66. The summed E-state index contributed by atoms with van der Waals surface area (Å²) in [6.07, 6.45) is 1.70. The van der Waals surface area contributed by atoms with E-state index in [0.29, 0.717) is 5.56 Å². The summed E-state index contributed by atoms with van der Waals surface area (Å²) in [4.78, 5) is 5.01. The van der Waals surface area contributed by atoms with Crippen molar-refractivity contribution < 1.29 is 0 Å². The molecule has 0 atom stereocenters. The number of aromatic nitrogens is 1. The second-order valence-corrected chi connectivity index (χ2v) is 3.51. The molecule has 0 N–H and O–H groups in total. The molecule has 0 saturated heterocycles. The third kappa shape index (κ3) is 1.85. The molecule has 0 bridgehead atoms. The summed E-state index contributed by atoms with van der Waals surface area (Å²) in [5.74, 6) is 0. The lowest BCUT2D eigenvalue weighted by molar-refractivity contribution is 1.24. The van der Waals surface area contributed by atoms with E-state index in [1.165, 1.54) is 0 Å². The predicted molar refractivity (Wildman–Crippen MR) is 61.6 cm³/mol. The van der Waals surface area contributed by atoms with E-state index >= 15 is 0 Å². The van der Waals surface area contributed by atoms with Crippen molar-refractivity contribution in [2.45, 2.75) is 4.90 Å². The summed E-state index contributed by atoms with van der Waals surface area (Å²) >= 11 is 4.32. The minimum Gasteiger partial charge on any atom is -0.255 e. The number of hydrogen-bond donors (Lipinski definition) is 1. The third-order valence-electron chi connectivity index (χ3n) is 2.09. The Labute approximate surface area is 93.6 Å². The van der Waals surface area contributed by atoms with Crippen molar-refractivity contribution >= 4 is 12.6 Å². The molecule has 3 heteroatoms. The second-order valence-electron chi connectivity index (χ2n) is 3.03. The zero-order chi connectivity index (χ0) is 10.7. The SMILES string of the molecule is N#Cc1ccccc1-c1ncccc1S. The van der Waals surface area contributed by atoms with E-state index in [2.05, 4.69) is 23.7 Å². The molecule has 0 unspecified atom stereocenters. The zero-order valence-corrected chi connectivity index (χ0v) is 8.78. The van der Waals surface area contributed by atoms with Crippen LogP contribution in [-0.2, 0) is 0 Å². The first kappa shape index (κ1) is 9.75. The highest BCUT2D eigenvalue weighted by atomic mass is 32.1. The fraction of sp³-hybridized carbons (Fsp3) is 0. The van der Waals surface area contributed by atoms with Gasteiger partial charge in [0, 0.05) is 16.7 Å². The molecule has 0 radical (unpaired) electrons. The van der Waals surface area contributed by atoms with Crippen molar-refractivity contribution in [2.75, 3.05) is 0 Å². The molecule has 2 aromatic rings. The van der Waals surface area contributed by atoms with E-state index in [4.69, 9.17) is 5.26 Å². The summed E-state index contributed by atoms with van der Waals surface area (Å²) in [5.41, 5.74) is 2.19. The lowest BCUT2D eigenvalue weighted by Gasteiger charge is -2.04. The Morgan fingerprint density at radius 1 is 1.13 bits per heavy atom. The van der Waals surface area contributed by atoms with Gasteiger partial charge in [0.1, 0.15) is 0 Å². The molecule has 0 amide bonds. The lowest BCUT2D eigenvalue weighted by Crippen LogP contribution is -1.88. The summed E-state index contributed by atoms with van der Waals surface area (Å²) in [6.45, 7) is 0. The maximum atomic E-state index is 8.97. The van der Waals surface area contributed by atoms with Gasteiger partial charge in [0.25, 0.3) is 0 Å². The average Bonchev–Trinajstić information content (AvgIpc) is 2.30. The summed E-state index contributed by atoms with van der Waals surface area (Å²) in [7, 11) is 0. The Bertz CT molecular complexity index is 529. The fourth-order valence-electron chi connectivity index (χ4n) is 1.39. The molecule has 2 rings (SSSR count). The van der Waals surface area contributed by atoms with E-state index in [1.807, 2.05) is 30.3 Å². The van der Waals surface area contributed by atoms with Gasteiger partial charge in [0.05, 0.1) is 17.3 Å². The number of pyridine rings is 1. The van der Waals surface area contributed by atoms with Crippen molar-refractivity contribution in [3.63, 3.8) is 0 Å². The topological polar surface area (TPSA) is 36.7 Å². The molecule has 1 heterocycles. The highest BCUT2D eigenvalue weighted by Gasteiger charge is 2.07. The lowest BCUT2D eigenvalue weighted by atomic mass is 10.1. The number of nitriles is 1. The van der Waals surface area contributed by atoms with Crippen molar-refractivity contribution in [3.8, 4) is 17.3 Å². The van der Waals surface area contributed by atoms with Crippen LogP contribution in [0.1, 0.15) is 5.56 Å². The van der Waals surface area contributed by atoms with Crippen molar-refractivity contribution in [1.82, 2.24) is 4.98 Å². The van der Waals surface area contributed by atoms with Crippen LogP contribution in [0.25, 0.3) is 11.3 Å². The van der Waals surface area contributed by atoms with Gasteiger partial charge in [-0.2, -0.15) is 5.26 Å². The predicted octanol–water partition coefficient (Wildman–Crippen LogP) is 2.91. The van der Waals surface area contributed by atoms with Gasteiger partial charge >= 0.3 is 0 Å². The van der Waals surface area contributed by atoms with Crippen molar-refractivity contribution in [1.29, 1.82) is 5.26 Å². The van der Waals surface area contributed by atoms with Crippen LogP contribution in [0.4, 0.5) is 0 Å². The monoisotopic (exact) mass is 212 g/mol. The molecule has 0 aliphatic carbocycles. The van der Waals surface area contributed by atoms with Gasteiger partial charge in [-0.05, 0) is 18.2 Å². The van der Waals surface area contributed by atoms with Crippen LogP contribution in [0.2, 0.25) is 0 Å². The molecule has 0 aliphatic rings. The molecule has 72 valence electrons. The summed E-state index contributed by atoms with van der Waals surface area (Å²) < 4.78 is 0. The van der Waals surface area contributed by atoms with E-state index < -0.39 is 0 Å². The molecule has 1 aromatic heterocycles. The highest BCUT2D eigenvalue weighted by molar-refractivity contribution is 7.80. The quantitative estimate of drug-likeness (QED) is 0.738. The molecule has 0 spiro atoms. The minimum absolute atomic E-state index is 0.617. The van der Waals surface area contributed by atoms with Crippen molar-refractivity contribution in [2.24, 2.45) is 0 Å². The van der Waals surface area contributed by atoms with Gasteiger partial charge in [-0.15, -0.1) is 12.6 Å². The molecule has 0 fully saturated rings. The van der Waals surface area contributed by atoms with E-state index in [9.17, 15) is 0 Å². The number of hydrogen-bond acceptors (Lipinski definition) is 3. The number of benzene rings is 1. The smallest absolute Gasteiger partial charge is 0.0998 e. The molecule has 1 aromatic carbocycles. The average molecular weight is 212 g/mol. The Balaban J connectivity index is 2.65. The Morgan fingerprint density at radius 2 is 1.93 bits per heavy atom. The first-order chi connectivity index (χ1) is 7.33. The second kappa shape index (κ2) is 4.16. The van der Waals surface area contributed by atoms with Crippen LogP contribution in [-0.4, -0.2) is 4.98 Å². The van der Waals surface area contributed by atoms with Gasteiger partial charge in [0.2, 0.25) is 0 Å². The molecule has 2 nitrogen and oxygen atoms in total. The van der Waals surface area contributed by atoms with Crippen LogP contribution in [0.15, 0.2) is 47.5 Å². The number of nitrogens with zero attached hydrogens (tertiary/aromatic N) is 2. The van der Waals surface area contributed by atoms with E-state index in [-0.39, 0.29) is 0 Å². The maximum Gasteiger partial charge on any atom is 0.0998 e. The van der Waals surface area contributed by atoms with Crippen LogP contribution < -0.4 is 0 Å². The van der Waals surface area contributed by atoms with Crippen LogP contribution in [0.3, 0.4) is 0 Å². The molecule has 15 heavy (non-hydrogen) atoms. The Morgan fingerprint density at radius 3 is 2.67 bits per heavy atom. The molecule has 0 saturated carbocycles. The van der Waals surface area contributed by atoms with Crippen LogP contribution >= 0.6 is 12.6 Å². The summed E-state index contributed by atoms with van der Waals surface area (Å²) in [5, 5.41) is 8.97. The maximum absolute atomic E-state index is 8.97. The molecule has 0 aliphatic heterocycles. The van der Waals surface area contributed by atoms with Crippen molar-refractivity contribution in [3.05, 3.63) is 48.2 Å². The Kier molecular flexibility index (Phi) is 2.70. The Hall–Kier alpha value is -1.79. The summed E-state index contributed by atoms with van der Waals surface area (Å²) in [6, 6.07) is 13.2. The molecular formula is C12H8N2S. The van der Waals surface area contributed by atoms with Crippen LogP contribution in [0.5, 0.6) is 0 Å². The van der Waals surface area contributed by atoms with Gasteiger partial charge in [-0.25, -0.2) is 0 Å². The zero-order valence-electron chi connectivity index (χ0n) is 7.88. The largest absolute Gasteiger partial charge is 0.255 e. The molecular weight excluding hydrogens is 204 g/mol. The third-order valence-corrected chi connectivity index (χ3v) is 2.45. The van der Waals surface area contributed by atoms with Gasteiger partial charge in [-0.3, -0.25) is 4.98 Å². The number of rotatable bonds is 1. The van der Waals surface area contributed by atoms with Gasteiger partial charge < -0.3 is 0 Å². The minimum atomic E-state index is 0.617. The van der Waals surface area contributed by atoms with E-state index in [1.54, 1.807) is 12.3 Å².